The van der Waals surface area contributed by atoms with Gasteiger partial charge in [0, 0.05) is 17.6 Å². The molecule has 2 N–H and O–H groups in total. The van der Waals surface area contributed by atoms with Crippen molar-refractivity contribution in [3.05, 3.63) is 23.8 Å². The van der Waals surface area contributed by atoms with Crippen molar-refractivity contribution in [2.45, 2.75) is 37.5 Å². The van der Waals surface area contributed by atoms with Crippen LogP contribution in [0.4, 0.5) is 5.69 Å². The van der Waals surface area contributed by atoms with E-state index in [1.807, 2.05) is 20.8 Å². The van der Waals surface area contributed by atoms with Gasteiger partial charge in [-0.05, 0) is 61.6 Å². The molecule has 0 saturated heterocycles. The molecule has 1 aliphatic rings. The molecule has 0 spiro atoms. The van der Waals surface area contributed by atoms with Crippen molar-refractivity contribution in [1.82, 2.24) is 0 Å². The Morgan fingerprint density at radius 2 is 1.79 bits per heavy atom. The number of hydrogen-bond acceptors (Lipinski definition) is 5. The summed E-state index contributed by atoms with van der Waals surface area (Å²) in [5.41, 5.74) is 1.30. The van der Waals surface area contributed by atoms with Crippen LogP contribution in [0.3, 0.4) is 0 Å². The molecule has 1 heterocycles. The van der Waals surface area contributed by atoms with E-state index in [1.54, 1.807) is 6.07 Å². The summed E-state index contributed by atoms with van der Waals surface area (Å²) < 4.78 is 66.0. The summed E-state index contributed by atoms with van der Waals surface area (Å²) in [7, 11) is -8.29. The zero-order chi connectivity index (χ0) is 18.3. The van der Waals surface area contributed by atoms with Crippen molar-refractivity contribution in [2.24, 2.45) is 0 Å². The molecule has 0 atom stereocenters. The van der Waals surface area contributed by atoms with E-state index in [9.17, 15) is 21.4 Å². The number of anilines is 1. The summed E-state index contributed by atoms with van der Waals surface area (Å²) in [6, 6.07) is 4.48. The van der Waals surface area contributed by atoms with E-state index < -0.39 is 41.2 Å². The number of benzene rings is 1. The molecule has 0 aliphatic carbocycles. The Kier molecular flexibility index (Phi) is 5.46. The molecule has 7 nitrogen and oxygen atoms in total. The van der Waals surface area contributed by atoms with Crippen molar-refractivity contribution in [2.75, 3.05) is 15.4 Å². The second kappa shape index (κ2) is 6.63. The summed E-state index contributed by atoms with van der Waals surface area (Å²) >= 11 is -0.519. The first-order valence-corrected chi connectivity index (χ1v) is 12.3. The minimum atomic E-state index is -4.29. The van der Waals surface area contributed by atoms with Crippen LogP contribution >= 0.6 is 21.0 Å². The zero-order valence-electron chi connectivity index (χ0n) is 13.5. The Balaban J connectivity index is 2.43. The Morgan fingerprint density at radius 3 is 2.33 bits per heavy atom. The summed E-state index contributed by atoms with van der Waals surface area (Å²) in [6.45, 7) is 6.47. The molecule has 0 unspecified atom stereocenters. The van der Waals surface area contributed by atoms with Crippen LogP contribution < -0.4 is 3.11 Å². The third kappa shape index (κ3) is 4.34. The van der Waals surface area contributed by atoms with Crippen molar-refractivity contribution in [3.63, 3.8) is 0 Å². The molecule has 2 rings (SSSR count). The van der Waals surface area contributed by atoms with Crippen LogP contribution in [0.5, 0.6) is 0 Å². The molecule has 0 radical (unpaired) electrons. The maximum atomic E-state index is 11.4. The standard InChI is InChI=1S/C14H20INO6S2/c1-10-14(2,3)12-9-11(24(20,21)22)5-6-13(12)16(15-10)7-4-8-23(17,18)19/h5-6,9H,4,7-8H2,1-3H3,(H,17,18,19)(H,20,21,22). The lowest BCUT2D eigenvalue weighted by Crippen LogP contribution is -2.34. The lowest BCUT2D eigenvalue weighted by Gasteiger charge is -2.38. The first kappa shape index (κ1) is 19.8. The largest absolute Gasteiger partial charge is 0.320 e. The van der Waals surface area contributed by atoms with E-state index in [2.05, 4.69) is 3.11 Å². The van der Waals surface area contributed by atoms with Crippen LogP contribution in [0, 0.1) is 0 Å². The van der Waals surface area contributed by atoms with Crippen LogP contribution in [0.25, 0.3) is 0 Å². The van der Waals surface area contributed by atoms with E-state index in [1.165, 1.54) is 15.6 Å². The van der Waals surface area contributed by atoms with Gasteiger partial charge in [-0.25, -0.2) is 0 Å². The predicted molar refractivity (Wildman–Crippen MR) is 102 cm³/mol. The zero-order valence-corrected chi connectivity index (χ0v) is 17.3. The first-order valence-electron chi connectivity index (χ1n) is 7.16. The van der Waals surface area contributed by atoms with Gasteiger partial charge in [-0.1, -0.05) is 13.8 Å². The van der Waals surface area contributed by atoms with Crippen molar-refractivity contribution in [1.29, 1.82) is 0 Å². The van der Waals surface area contributed by atoms with Crippen molar-refractivity contribution >= 4 is 50.4 Å². The SMILES string of the molecule is CC1=IN(CCCS(=O)(=O)O)c2ccc(S(=O)(=O)O)cc2C1(C)C. The highest BCUT2D eigenvalue weighted by Crippen LogP contribution is 2.44. The fourth-order valence-corrected chi connectivity index (χ4v) is 6.46. The maximum Gasteiger partial charge on any atom is 0.294 e. The van der Waals surface area contributed by atoms with E-state index in [4.69, 9.17) is 4.55 Å². The van der Waals surface area contributed by atoms with Crippen LogP contribution in [0.2, 0.25) is 0 Å². The second-order valence-corrected chi connectivity index (χ2v) is 12.4. The predicted octanol–water partition coefficient (Wildman–Crippen LogP) is 2.39. The van der Waals surface area contributed by atoms with Gasteiger partial charge in [0.05, 0.1) is 10.6 Å². The van der Waals surface area contributed by atoms with E-state index >= 15 is 0 Å². The monoisotopic (exact) mass is 489 g/mol. The average molecular weight is 489 g/mol. The highest BCUT2D eigenvalue weighted by molar-refractivity contribution is 14.2. The van der Waals surface area contributed by atoms with E-state index in [0.717, 1.165) is 11.3 Å². The quantitative estimate of drug-likeness (QED) is 0.371. The Hall–Kier alpha value is -0.560. The minimum absolute atomic E-state index is 0.153. The number of fused-ring (bicyclic) bond motifs is 1. The van der Waals surface area contributed by atoms with E-state index in [-0.39, 0.29) is 22.5 Å². The fraction of sp³-hybridized carbons (Fsp3) is 0.500. The van der Waals surface area contributed by atoms with Gasteiger partial charge >= 0.3 is 0 Å². The highest BCUT2D eigenvalue weighted by atomic mass is 127. The molecule has 24 heavy (non-hydrogen) atoms. The number of rotatable bonds is 5. The van der Waals surface area contributed by atoms with Crippen LogP contribution in [-0.4, -0.2) is 41.7 Å². The molecule has 0 aromatic heterocycles. The molecule has 0 saturated carbocycles. The van der Waals surface area contributed by atoms with Crippen LogP contribution in [0.15, 0.2) is 23.1 Å². The lowest BCUT2D eigenvalue weighted by atomic mass is 9.81. The Bertz CT molecular complexity index is 890. The van der Waals surface area contributed by atoms with Crippen molar-refractivity contribution in [3.8, 4) is 0 Å². The molecule has 1 aliphatic heterocycles. The van der Waals surface area contributed by atoms with Gasteiger partial charge in [0.1, 0.15) is 0 Å². The number of hydrogen-bond donors (Lipinski definition) is 2. The van der Waals surface area contributed by atoms with Crippen molar-refractivity contribution < 1.29 is 25.9 Å². The molecule has 0 fully saturated rings. The molecule has 0 amide bonds. The molecule has 1 aromatic carbocycles. The maximum absolute atomic E-state index is 11.4. The third-order valence-corrected chi connectivity index (χ3v) is 9.36. The Labute approximate surface area is 152 Å². The summed E-state index contributed by atoms with van der Waals surface area (Å²) in [6.07, 6.45) is 0.283. The Morgan fingerprint density at radius 1 is 1.17 bits per heavy atom. The van der Waals surface area contributed by atoms with Gasteiger partial charge in [0.25, 0.3) is 20.2 Å². The lowest BCUT2D eigenvalue weighted by molar-refractivity contribution is 0.479. The number of halogens is 1. The topological polar surface area (TPSA) is 112 Å². The van der Waals surface area contributed by atoms with Gasteiger partial charge < -0.3 is 3.11 Å². The molecule has 10 heteroatoms. The van der Waals surface area contributed by atoms with Crippen LogP contribution in [-0.2, 0) is 25.7 Å². The molecule has 136 valence electrons. The van der Waals surface area contributed by atoms with Gasteiger partial charge in [-0.15, -0.1) is 0 Å². The number of nitrogens with zero attached hydrogens (tertiary/aromatic N) is 1. The first-order chi connectivity index (χ1) is 10.8. The smallest absolute Gasteiger partial charge is 0.294 e. The molecular weight excluding hydrogens is 469 g/mol. The summed E-state index contributed by atoms with van der Waals surface area (Å²) in [5, 5.41) is 0. The van der Waals surface area contributed by atoms with Gasteiger partial charge in [-0.2, -0.15) is 16.8 Å². The highest BCUT2D eigenvalue weighted by Gasteiger charge is 2.33. The van der Waals surface area contributed by atoms with Gasteiger partial charge in [0.15, 0.2) is 0 Å². The van der Waals surface area contributed by atoms with E-state index in [0.29, 0.717) is 6.54 Å². The van der Waals surface area contributed by atoms with Gasteiger partial charge in [0.2, 0.25) is 0 Å². The second-order valence-electron chi connectivity index (χ2n) is 6.12. The summed E-state index contributed by atoms with van der Waals surface area (Å²) in [4.78, 5) is -0.153. The third-order valence-electron chi connectivity index (χ3n) is 4.05. The van der Waals surface area contributed by atoms with Gasteiger partial charge in [-0.3, -0.25) is 9.11 Å². The molecular formula is C14H20INO6S2. The average Bonchev–Trinajstić information content (AvgIpc) is 2.42. The molecule has 0 bridgehead atoms. The van der Waals surface area contributed by atoms with Crippen LogP contribution in [0.1, 0.15) is 32.8 Å². The molecule has 1 aromatic rings. The fourth-order valence-electron chi connectivity index (χ4n) is 2.43. The minimum Gasteiger partial charge on any atom is -0.320 e. The summed E-state index contributed by atoms with van der Waals surface area (Å²) in [5.74, 6) is -0.311. The normalized spacial score (nSPS) is 17.7.